The maximum absolute atomic E-state index is 12.9. The van der Waals surface area contributed by atoms with Crippen LogP contribution in [0.5, 0.6) is 0 Å². The third-order valence-corrected chi connectivity index (χ3v) is 6.61. The minimum absolute atomic E-state index is 0.0353. The zero-order valence-electron chi connectivity index (χ0n) is 18.8. The van der Waals surface area contributed by atoms with Crippen molar-refractivity contribution < 1.29 is 9.21 Å². The molecule has 2 heterocycles. The van der Waals surface area contributed by atoms with Crippen LogP contribution in [-0.4, -0.2) is 30.4 Å². The smallest absolute Gasteiger partial charge is 0.287 e. The van der Waals surface area contributed by atoms with E-state index in [0.29, 0.717) is 17.5 Å². The first-order valence-corrected chi connectivity index (χ1v) is 11.9. The van der Waals surface area contributed by atoms with Gasteiger partial charge in [0.2, 0.25) is 0 Å². The molecule has 32 heavy (non-hydrogen) atoms. The fourth-order valence-corrected chi connectivity index (χ4v) is 4.59. The molecule has 168 valence electrons. The summed E-state index contributed by atoms with van der Waals surface area (Å²) < 4.78 is 6.52. The van der Waals surface area contributed by atoms with E-state index in [-0.39, 0.29) is 28.6 Å². The van der Waals surface area contributed by atoms with E-state index >= 15 is 0 Å². The highest BCUT2D eigenvalue weighted by Gasteiger charge is 2.25. The van der Waals surface area contributed by atoms with Crippen molar-refractivity contribution in [2.45, 2.75) is 45.1 Å². The minimum Gasteiger partial charge on any atom is -0.451 e. The Bertz CT molecular complexity index is 1170. The molecule has 0 unspecified atom stereocenters. The van der Waals surface area contributed by atoms with Crippen LogP contribution in [0.1, 0.15) is 61.3 Å². The van der Waals surface area contributed by atoms with E-state index in [1.165, 1.54) is 30.0 Å². The van der Waals surface area contributed by atoms with E-state index in [1.807, 2.05) is 0 Å². The molecule has 5 nitrogen and oxygen atoms in total. The molecule has 1 aromatic heterocycles. The first-order chi connectivity index (χ1) is 15.2. The summed E-state index contributed by atoms with van der Waals surface area (Å²) >= 11 is 3.36. The predicted molar refractivity (Wildman–Crippen MR) is 131 cm³/mol. The molecule has 0 radical (unpaired) electrons. The second-order valence-electron chi connectivity index (χ2n) is 9.46. The number of amides is 1. The molecule has 1 aliphatic rings. The maximum Gasteiger partial charge on any atom is 0.287 e. The number of nitrogens with zero attached hydrogens (tertiary/aromatic N) is 1. The van der Waals surface area contributed by atoms with Crippen molar-refractivity contribution in [1.82, 2.24) is 10.2 Å². The number of rotatable bonds is 5. The molecule has 1 aliphatic heterocycles. The summed E-state index contributed by atoms with van der Waals surface area (Å²) in [4.78, 5) is 27.8. The van der Waals surface area contributed by atoms with Crippen LogP contribution in [0.4, 0.5) is 0 Å². The van der Waals surface area contributed by atoms with E-state index in [1.54, 1.807) is 18.2 Å². The molecule has 1 N–H and O–H groups in total. The molecule has 0 saturated carbocycles. The Balaban J connectivity index is 1.54. The van der Waals surface area contributed by atoms with Gasteiger partial charge in [-0.1, -0.05) is 61.0 Å². The molecule has 0 spiro atoms. The third-order valence-electron chi connectivity index (χ3n) is 6.11. The summed E-state index contributed by atoms with van der Waals surface area (Å²) in [7, 11) is 0. The number of carbonyl (C=O) groups excluding carboxylic acids is 1. The van der Waals surface area contributed by atoms with Crippen LogP contribution in [0.15, 0.2) is 62.2 Å². The van der Waals surface area contributed by atoms with Crippen LogP contribution in [-0.2, 0) is 5.41 Å². The molecule has 1 amide bonds. The largest absolute Gasteiger partial charge is 0.451 e. The Kier molecular flexibility index (Phi) is 6.54. The Hall–Kier alpha value is -2.44. The van der Waals surface area contributed by atoms with Crippen molar-refractivity contribution >= 4 is 32.8 Å². The van der Waals surface area contributed by atoms with Crippen molar-refractivity contribution in [1.29, 1.82) is 0 Å². The van der Waals surface area contributed by atoms with Gasteiger partial charge in [-0.15, -0.1) is 0 Å². The average molecular weight is 497 g/mol. The number of halogens is 1. The second-order valence-corrected chi connectivity index (χ2v) is 10.4. The highest BCUT2D eigenvalue weighted by atomic mass is 79.9. The quantitative estimate of drug-likeness (QED) is 0.512. The minimum atomic E-state index is -0.373. The number of likely N-dealkylation sites (tertiary alicyclic amines) is 1. The molecule has 0 bridgehead atoms. The van der Waals surface area contributed by atoms with Crippen molar-refractivity contribution in [3.8, 4) is 0 Å². The molecule has 6 heteroatoms. The van der Waals surface area contributed by atoms with E-state index in [2.05, 4.69) is 71.2 Å². The fraction of sp³-hybridized carbons (Fsp3) is 0.385. The first-order valence-electron chi connectivity index (χ1n) is 11.1. The Morgan fingerprint density at radius 2 is 1.78 bits per heavy atom. The molecule has 0 aliphatic carbocycles. The number of fused-ring (bicyclic) bond motifs is 1. The van der Waals surface area contributed by atoms with E-state index in [4.69, 9.17) is 4.42 Å². The lowest BCUT2D eigenvalue weighted by molar-refractivity contribution is 0.0910. The monoisotopic (exact) mass is 496 g/mol. The van der Waals surface area contributed by atoms with E-state index in [9.17, 15) is 9.59 Å². The topological polar surface area (TPSA) is 62.6 Å². The molecule has 3 aromatic rings. The molecule has 1 saturated heterocycles. The summed E-state index contributed by atoms with van der Waals surface area (Å²) in [5, 5.41) is 3.45. The molecular weight excluding hydrogens is 468 g/mol. The summed E-state index contributed by atoms with van der Waals surface area (Å²) in [6.07, 6.45) is 2.33. The lowest BCUT2D eigenvalue weighted by Gasteiger charge is -2.29. The van der Waals surface area contributed by atoms with E-state index < -0.39 is 0 Å². The Morgan fingerprint density at radius 3 is 2.44 bits per heavy atom. The number of nitrogens with one attached hydrogen (secondary N) is 1. The van der Waals surface area contributed by atoms with Crippen LogP contribution in [0.2, 0.25) is 0 Å². The zero-order chi connectivity index (χ0) is 22.9. The highest BCUT2D eigenvalue weighted by Crippen LogP contribution is 2.28. The summed E-state index contributed by atoms with van der Waals surface area (Å²) in [5.41, 5.74) is 2.74. The van der Waals surface area contributed by atoms with Gasteiger partial charge in [0, 0.05) is 17.1 Å². The normalized spacial score (nSPS) is 15.8. The number of hydrogen-bond donors (Lipinski definition) is 1. The van der Waals surface area contributed by atoms with Crippen molar-refractivity contribution in [2.24, 2.45) is 0 Å². The number of hydrogen-bond acceptors (Lipinski definition) is 4. The molecule has 1 atom stereocenters. The first kappa shape index (κ1) is 22.7. The fourth-order valence-electron chi connectivity index (χ4n) is 4.23. The van der Waals surface area contributed by atoms with E-state index in [0.717, 1.165) is 17.6 Å². The third kappa shape index (κ3) is 4.97. The lowest BCUT2D eigenvalue weighted by atomic mass is 9.86. The molecule has 2 aromatic carbocycles. The van der Waals surface area contributed by atoms with Crippen molar-refractivity contribution in [2.75, 3.05) is 19.6 Å². The number of benzene rings is 2. The Morgan fingerprint density at radius 1 is 1.09 bits per heavy atom. The van der Waals surface area contributed by atoms with Gasteiger partial charge in [-0.05, 0) is 60.7 Å². The Labute approximate surface area is 196 Å². The molecule has 4 rings (SSSR count). The van der Waals surface area contributed by atoms with Crippen LogP contribution >= 0.6 is 15.9 Å². The van der Waals surface area contributed by atoms with Gasteiger partial charge in [-0.2, -0.15) is 0 Å². The van der Waals surface area contributed by atoms with Gasteiger partial charge in [0.25, 0.3) is 5.91 Å². The average Bonchev–Trinajstić information content (AvgIpc) is 3.28. The van der Waals surface area contributed by atoms with Crippen molar-refractivity contribution in [3.63, 3.8) is 0 Å². The zero-order valence-corrected chi connectivity index (χ0v) is 20.4. The van der Waals surface area contributed by atoms with Crippen LogP contribution < -0.4 is 10.7 Å². The van der Waals surface area contributed by atoms with Gasteiger partial charge in [-0.3, -0.25) is 14.5 Å². The van der Waals surface area contributed by atoms with Crippen LogP contribution in [0.3, 0.4) is 0 Å². The number of carbonyl (C=O) groups is 1. The standard InChI is InChI=1S/C26H29BrN2O3/c1-26(2,3)18-8-6-17(7-9-18)21(29-12-4-5-13-29)16-28-25(31)24-15-22(30)20-14-19(27)10-11-23(20)32-24/h6-11,14-15,21H,4-5,12-13,16H2,1-3H3,(H,28,31)/t21-/m1/s1. The lowest BCUT2D eigenvalue weighted by Crippen LogP contribution is -2.37. The molecule has 1 fully saturated rings. The maximum atomic E-state index is 12.9. The second kappa shape index (κ2) is 9.20. The van der Waals surface area contributed by atoms with Gasteiger partial charge in [0.15, 0.2) is 11.2 Å². The van der Waals surface area contributed by atoms with Gasteiger partial charge in [0.05, 0.1) is 11.4 Å². The van der Waals surface area contributed by atoms with Gasteiger partial charge in [-0.25, -0.2) is 0 Å². The van der Waals surface area contributed by atoms with Gasteiger partial charge < -0.3 is 9.73 Å². The molecular formula is C26H29BrN2O3. The SMILES string of the molecule is CC(C)(C)c1ccc([C@@H](CNC(=O)c2cc(=O)c3cc(Br)ccc3o2)N2CCCC2)cc1. The van der Waals surface area contributed by atoms with Crippen LogP contribution in [0.25, 0.3) is 11.0 Å². The summed E-state index contributed by atoms with van der Waals surface area (Å²) in [5.74, 6) is -0.337. The summed E-state index contributed by atoms with van der Waals surface area (Å²) in [6.45, 7) is 9.10. The van der Waals surface area contributed by atoms with Crippen LogP contribution in [0, 0.1) is 0 Å². The van der Waals surface area contributed by atoms with Gasteiger partial charge in [0.1, 0.15) is 5.58 Å². The highest BCUT2D eigenvalue weighted by molar-refractivity contribution is 9.10. The summed E-state index contributed by atoms with van der Waals surface area (Å²) in [6, 6.07) is 15.2. The van der Waals surface area contributed by atoms with Crippen molar-refractivity contribution in [3.05, 3.63) is 80.1 Å². The predicted octanol–water partition coefficient (Wildman–Crippen LogP) is 5.42. The van der Waals surface area contributed by atoms with Gasteiger partial charge >= 0.3 is 0 Å².